The van der Waals surface area contributed by atoms with Crippen LogP contribution in [0, 0.1) is 5.41 Å². The summed E-state index contributed by atoms with van der Waals surface area (Å²) in [6.45, 7) is 3.97. The first-order valence-corrected chi connectivity index (χ1v) is 3.75. The number of halogens is 1. The van der Waals surface area contributed by atoms with Gasteiger partial charge in [-0.1, -0.05) is 13.8 Å². The second kappa shape index (κ2) is 4.34. The lowest BCUT2D eigenvalue weighted by molar-refractivity contribution is -0.119. The van der Waals surface area contributed by atoms with Crippen molar-refractivity contribution in [3.8, 4) is 0 Å². The number of rotatable bonds is 5. The second-order valence-corrected chi connectivity index (χ2v) is 3.32. The van der Waals surface area contributed by atoms with Gasteiger partial charge in [0.1, 0.15) is 0 Å². The third-order valence-corrected chi connectivity index (χ3v) is 2.02. The molecule has 0 rings (SSSR count). The second-order valence-electron chi connectivity index (χ2n) is 2.98. The average molecular weight is 178 g/mol. The summed E-state index contributed by atoms with van der Waals surface area (Å²) in [5.74, 6) is 0. The van der Waals surface area contributed by atoms with Crippen molar-refractivity contribution in [3.05, 3.63) is 0 Å². The summed E-state index contributed by atoms with van der Waals surface area (Å²) in [6, 6.07) is 0. The van der Waals surface area contributed by atoms with E-state index in [4.69, 9.17) is 11.6 Å². The van der Waals surface area contributed by atoms with Crippen LogP contribution in [0.5, 0.6) is 0 Å². The topological polar surface area (TPSA) is 46.2 Å². The highest BCUT2D eigenvalue weighted by Crippen LogP contribution is 2.22. The molecule has 1 N–H and O–H groups in total. The van der Waals surface area contributed by atoms with E-state index in [1.807, 2.05) is 0 Å². The molecule has 0 aliphatic carbocycles. The van der Waals surface area contributed by atoms with Crippen molar-refractivity contribution in [1.82, 2.24) is 5.32 Å². The Bertz CT molecular complexity index is 157. The molecule has 0 aromatic carbocycles. The maximum Gasteiger partial charge on any atom is 0.227 e. The summed E-state index contributed by atoms with van der Waals surface area (Å²) in [6.07, 6.45) is 1.17. The molecular formula is C7H12ClNO2. The fourth-order valence-corrected chi connectivity index (χ4v) is 0.636. The van der Waals surface area contributed by atoms with Crippen LogP contribution >= 0.6 is 11.6 Å². The van der Waals surface area contributed by atoms with Crippen molar-refractivity contribution in [3.63, 3.8) is 0 Å². The van der Waals surface area contributed by atoms with Gasteiger partial charge in [-0.25, -0.2) is 0 Å². The highest BCUT2D eigenvalue weighted by molar-refractivity contribution is 6.64. The zero-order valence-corrected chi connectivity index (χ0v) is 7.44. The fraction of sp³-hybridized carbons (Fsp3) is 0.714. The van der Waals surface area contributed by atoms with Crippen molar-refractivity contribution in [1.29, 1.82) is 0 Å². The molecule has 0 saturated carbocycles. The molecule has 0 aliphatic rings. The number of carbonyl (C=O) groups is 2. The lowest BCUT2D eigenvalue weighted by atomic mass is 9.91. The van der Waals surface area contributed by atoms with Crippen LogP contribution in [0.3, 0.4) is 0 Å². The molecule has 0 radical (unpaired) electrons. The minimum atomic E-state index is -0.544. The van der Waals surface area contributed by atoms with E-state index in [1.54, 1.807) is 13.8 Å². The molecule has 0 saturated heterocycles. The predicted octanol–water partition coefficient (Wildman–Crippen LogP) is 0.914. The smallest absolute Gasteiger partial charge is 0.227 e. The van der Waals surface area contributed by atoms with Gasteiger partial charge < -0.3 is 5.32 Å². The molecule has 4 heteroatoms. The van der Waals surface area contributed by atoms with Crippen molar-refractivity contribution in [2.24, 2.45) is 5.41 Å². The third-order valence-electron chi connectivity index (χ3n) is 1.51. The Morgan fingerprint density at radius 3 is 2.55 bits per heavy atom. The molecule has 0 aliphatic heterocycles. The molecule has 0 aromatic rings. The van der Waals surface area contributed by atoms with E-state index >= 15 is 0 Å². The van der Waals surface area contributed by atoms with Gasteiger partial charge in [0, 0.05) is 12.0 Å². The minimum Gasteiger partial charge on any atom is -0.359 e. The minimum absolute atomic E-state index is 0.370. The molecule has 0 unspecified atom stereocenters. The quantitative estimate of drug-likeness (QED) is 0.386. The highest BCUT2D eigenvalue weighted by atomic mass is 35.5. The van der Waals surface area contributed by atoms with Crippen molar-refractivity contribution >= 4 is 23.3 Å². The number of amides is 1. The summed E-state index contributed by atoms with van der Waals surface area (Å²) in [5, 5.41) is 2.10. The number of nitrogens with one attached hydrogen (secondary N) is 1. The van der Waals surface area contributed by atoms with Crippen LogP contribution in [-0.2, 0) is 9.59 Å². The zero-order valence-electron chi connectivity index (χ0n) is 6.69. The van der Waals surface area contributed by atoms with E-state index in [-0.39, 0.29) is 5.24 Å². The van der Waals surface area contributed by atoms with Gasteiger partial charge in [0.05, 0.1) is 0 Å². The molecule has 3 nitrogen and oxygen atoms in total. The predicted molar refractivity (Wildman–Crippen MR) is 43.3 cm³/mol. The van der Waals surface area contributed by atoms with Gasteiger partial charge >= 0.3 is 0 Å². The van der Waals surface area contributed by atoms with Gasteiger partial charge in [-0.15, -0.1) is 0 Å². The lowest BCUT2D eigenvalue weighted by Crippen LogP contribution is -2.25. The van der Waals surface area contributed by atoms with E-state index < -0.39 is 5.41 Å². The Hall–Kier alpha value is -0.570. The lowest BCUT2D eigenvalue weighted by Gasteiger charge is -2.18. The normalized spacial score (nSPS) is 10.8. The molecule has 0 atom stereocenters. The van der Waals surface area contributed by atoms with Crippen LogP contribution in [-0.4, -0.2) is 18.2 Å². The Kier molecular flexibility index (Phi) is 4.11. The Morgan fingerprint density at radius 1 is 1.64 bits per heavy atom. The SMILES string of the molecule is CC(C)(CCNC=O)C(=O)Cl. The Balaban J connectivity index is 3.72. The van der Waals surface area contributed by atoms with Gasteiger partial charge in [0.25, 0.3) is 0 Å². The van der Waals surface area contributed by atoms with Crippen LogP contribution in [0.2, 0.25) is 0 Å². The van der Waals surface area contributed by atoms with Gasteiger partial charge in [0.15, 0.2) is 0 Å². The molecule has 0 spiro atoms. The first kappa shape index (κ1) is 10.4. The molecule has 0 fully saturated rings. The molecular weight excluding hydrogens is 166 g/mol. The summed E-state index contributed by atoms with van der Waals surface area (Å²) in [5.41, 5.74) is -0.544. The van der Waals surface area contributed by atoms with E-state index in [0.717, 1.165) is 0 Å². The summed E-state index contributed by atoms with van der Waals surface area (Å²) in [4.78, 5) is 20.5. The van der Waals surface area contributed by atoms with Crippen molar-refractivity contribution in [2.45, 2.75) is 20.3 Å². The van der Waals surface area contributed by atoms with Gasteiger partial charge in [0.2, 0.25) is 11.7 Å². The highest BCUT2D eigenvalue weighted by Gasteiger charge is 2.24. The largest absolute Gasteiger partial charge is 0.359 e. The first-order valence-electron chi connectivity index (χ1n) is 3.37. The molecule has 64 valence electrons. The van der Waals surface area contributed by atoms with Crippen molar-refractivity contribution < 1.29 is 9.59 Å². The summed E-state index contributed by atoms with van der Waals surface area (Å²) < 4.78 is 0. The van der Waals surface area contributed by atoms with Crippen LogP contribution in [0.1, 0.15) is 20.3 Å². The number of hydrogen-bond acceptors (Lipinski definition) is 2. The van der Waals surface area contributed by atoms with Crippen LogP contribution in [0.15, 0.2) is 0 Å². The number of carbonyl (C=O) groups excluding carboxylic acids is 2. The third kappa shape index (κ3) is 3.98. The Labute approximate surface area is 71.1 Å². The van der Waals surface area contributed by atoms with Gasteiger partial charge in [-0.2, -0.15) is 0 Å². The van der Waals surface area contributed by atoms with E-state index in [0.29, 0.717) is 19.4 Å². The standard InChI is InChI=1S/C7H12ClNO2/c1-7(2,6(8)11)3-4-9-5-10/h5H,3-4H2,1-2H3,(H,9,10). The van der Waals surface area contributed by atoms with Gasteiger partial charge in [-0.3, -0.25) is 9.59 Å². The van der Waals surface area contributed by atoms with Crippen LogP contribution in [0.4, 0.5) is 0 Å². The first-order chi connectivity index (χ1) is 5.00. The van der Waals surface area contributed by atoms with Crippen LogP contribution in [0.25, 0.3) is 0 Å². The maximum atomic E-state index is 10.7. The van der Waals surface area contributed by atoms with E-state index in [9.17, 15) is 9.59 Å². The monoisotopic (exact) mass is 177 g/mol. The molecule has 0 bridgehead atoms. The summed E-state index contributed by atoms with van der Waals surface area (Å²) in [7, 11) is 0. The van der Waals surface area contributed by atoms with Crippen LogP contribution < -0.4 is 5.32 Å². The molecule has 0 aromatic heterocycles. The zero-order chi connectivity index (χ0) is 8.91. The summed E-state index contributed by atoms with van der Waals surface area (Å²) >= 11 is 5.29. The van der Waals surface area contributed by atoms with Gasteiger partial charge in [-0.05, 0) is 18.0 Å². The molecule has 0 heterocycles. The fourth-order valence-electron chi connectivity index (χ4n) is 0.542. The molecule has 1 amide bonds. The molecule has 11 heavy (non-hydrogen) atoms. The Morgan fingerprint density at radius 2 is 2.18 bits per heavy atom. The maximum absolute atomic E-state index is 10.7. The van der Waals surface area contributed by atoms with E-state index in [2.05, 4.69) is 5.32 Å². The number of hydrogen-bond donors (Lipinski definition) is 1. The van der Waals surface area contributed by atoms with E-state index in [1.165, 1.54) is 0 Å². The van der Waals surface area contributed by atoms with Crippen molar-refractivity contribution in [2.75, 3.05) is 6.54 Å². The average Bonchev–Trinajstić information content (AvgIpc) is 1.88.